The van der Waals surface area contributed by atoms with Crippen LogP contribution in [0.25, 0.3) is 0 Å². The normalized spacial score (nSPS) is 20.6. The molecule has 1 fully saturated rings. The first-order valence-corrected chi connectivity index (χ1v) is 6.20. The Bertz CT molecular complexity index is 511. The minimum absolute atomic E-state index is 0.0345. The Balaban J connectivity index is 2.40. The van der Waals surface area contributed by atoms with E-state index in [9.17, 15) is 9.90 Å². The van der Waals surface area contributed by atoms with Crippen LogP contribution in [0.4, 0.5) is 0 Å². The third-order valence-corrected chi connectivity index (χ3v) is 3.80. The molecule has 1 aromatic heterocycles. The summed E-state index contributed by atoms with van der Waals surface area (Å²) in [6.45, 7) is 9.07. The molecule has 1 N–H and O–H groups in total. The van der Waals surface area contributed by atoms with Gasteiger partial charge in [0.1, 0.15) is 11.4 Å². The van der Waals surface area contributed by atoms with E-state index in [2.05, 4.69) is 4.98 Å². The summed E-state index contributed by atoms with van der Waals surface area (Å²) in [6, 6.07) is 1.60. The van der Waals surface area contributed by atoms with E-state index in [0.29, 0.717) is 5.46 Å². The Hall–Kier alpha value is -1.40. The Labute approximate surface area is 113 Å². The third-order valence-electron chi connectivity index (χ3n) is 3.80. The molecule has 0 amide bonds. The zero-order chi connectivity index (χ0) is 14.4. The van der Waals surface area contributed by atoms with Gasteiger partial charge in [-0.1, -0.05) is 0 Å². The number of ketones is 1. The molecule has 102 valence electrons. The van der Waals surface area contributed by atoms with Gasteiger partial charge in [0.2, 0.25) is 0 Å². The molecule has 1 aliphatic heterocycles. The Morgan fingerprint density at radius 1 is 1.26 bits per heavy atom. The zero-order valence-electron chi connectivity index (χ0n) is 11.9. The number of nitrogens with zero attached hydrogens (tertiary/aromatic N) is 1. The van der Waals surface area contributed by atoms with Crippen molar-refractivity contribution in [1.82, 2.24) is 4.98 Å². The van der Waals surface area contributed by atoms with Gasteiger partial charge in [0.05, 0.1) is 11.2 Å². The maximum absolute atomic E-state index is 11.4. The van der Waals surface area contributed by atoms with E-state index < -0.39 is 18.3 Å². The molecule has 0 spiro atoms. The summed E-state index contributed by atoms with van der Waals surface area (Å²) >= 11 is 0. The topological polar surface area (TPSA) is 68.7 Å². The highest BCUT2D eigenvalue weighted by Gasteiger charge is 2.52. The highest BCUT2D eigenvalue weighted by Crippen LogP contribution is 2.37. The zero-order valence-corrected chi connectivity index (χ0v) is 11.9. The van der Waals surface area contributed by atoms with Crippen molar-refractivity contribution in [1.29, 1.82) is 0 Å². The van der Waals surface area contributed by atoms with Crippen LogP contribution in [0, 0.1) is 0 Å². The highest BCUT2D eigenvalue weighted by atomic mass is 16.7. The van der Waals surface area contributed by atoms with Crippen LogP contribution in [0.3, 0.4) is 0 Å². The number of carbonyl (C=O) groups is 1. The van der Waals surface area contributed by atoms with E-state index >= 15 is 0 Å². The second-order valence-corrected chi connectivity index (χ2v) is 5.74. The minimum atomic E-state index is -0.703. The molecule has 1 aliphatic rings. The van der Waals surface area contributed by atoms with Crippen LogP contribution >= 0.6 is 0 Å². The summed E-state index contributed by atoms with van der Waals surface area (Å²) in [6.07, 6.45) is 1.47. The van der Waals surface area contributed by atoms with Gasteiger partial charge in [-0.2, -0.15) is 0 Å². The Kier molecular flexibility index (Phi) is 3.19. The number of aromatic hydroxyl groups is 1. The number of aromatic nitrogens is 1. The standard InChI is InChI=1S/C13H18BNO4/c1-8(16)10-11(17)9(6-7-15-10)14-18-12(2,3)13(4,5)19-14/h6-7,17H,1-5H3. The summed E-state index contributed by atoms with van der Waals surface area (Å²) in [7, 11) is -0.703. The molecule has 6 heteroatoms. The van der Waals surface area contributed by atoms with Gasteiger partial charge in [-0.05, 0) is 33.8 Å². The van der Waals surface area contributed by atoms with Crippen LogP contribution in [0.1, 0.15) is 45.1 Å². The smallest absolute Gasteiger partial charge is 0.498 e. The lowest BCUT2D eigenvalue weighted by molar-refractivity contribution is 0.00578. The molecule has 0 aromatic carbocycles. The second kappa shape index (κ2) is 4.32. The monoisotopic (exact) mass is 263 g/mol. The molecular weight excluding hydrogens is 245 g/mol. The van der Waals surface area contributed by atoms with E-state index in [1.54, 1.807) is 6.07 Å². The SMILES string of the molecule is CC(=O)c1nccc(B2OC(C)(C)C(C)(C)O2)c1O. The first-order valence-electron chi connectivity index (χ1n) is 6.20. The van der Waals surface area contributed by atoms with Crippen LogP contribution in [0.15, 0.2) is 12.3 Å². The fraction of sp³-hybridized carbons (Fsp3) is 0.538. The summed E-state index contributed by atoms with van der Waals surface area (Å²) < 4.78 is 11.7. The average Bonchev–Trinajstić information content (AvgIpc) is 2.47. The predicted molar refractivity (Wildman–Crippen MR) is 71.6 cm³/mol. The van der Waals surface area contributed by atoms with Crippen molar-refractivity contribution in [3.05, 3.63) is 18.0 Å². The van der Waals surface area contributed by atoms with Gasteiger partial charge in [0, 0.05) is 18.6 Å². The number of pyridine rings is 1. The maximum Gasteiger partial charge on any atom is 0.498 e. The van der Waals surface area contributed by atoms with Crippen LogP contribution in [-0.4, -0.2) is 34.2 Å². The molecule has 5 nitrogen and oxygen atoms in total. The summed E-state index contributed by atoms with van der Waals surface area (Å²) in [5.74, 6) is -0.468. The van der Waals surface area contributed by atoms with Crippen molar-refractivity contribution >= 4 is 18.4 Å². The van der Waals surface area contributed by atoms with Crippen LogP contribution in [0.5, 0.6) is 5.75 Å². The van der Waals surface area contributed by atoms with Gasteiger partial charge in [0.15, 0.2) is 5.78 Å². The molecule has 0 aliphatic carbocycles. The van der Waals surface area contributed by atoms with Gasteiger partial charge >= 0.3 is 7.12 Å². The van der Waals surface area contributed by atoms with Crippen molar-refractivity contribution in [2.24, 2.45) is 0 Å². The number of hydrogen-bond donors (Lipinski definition) is 1. The quantitative estimate of drug-likeness (QED) is 0.643. The first kappa shape index (κ1) is 14.0. The predicted octanol–water partition coefficient (Wildman–Crippen LogP) is 1.29. The highest BCUT2D eigenvalue weighted by molar-refractivity contribution is 6.63. The molecule has 2 rings (SSSR count). The van der Waals surface area contributed by atoms with Gasteiger partial charge in [-0.25, -0.2) is 4.98 Å². The average molecular weight is 263 g/mol. The molecule has 0 radical (unpaired) electrons. The van der Waals surface area contributed by atoms with Crippen LogP contribution < -0.4 is 5.46 Å². The van der Waals surface area contributed by atoms with E-state index in [0.717, 1.165) is 0 Å². The van der Waals surface area contributed by atoms with Crippen molar-refractivity contribution in [2.45, 2.75) is 45.8 Å². The maximum atomic E-state index is 11.4. The number of Topliss-reactive ketones (excluding diaryl/α,β-unsaturated/α-hetero) is 1. The Morgan fingerprint density at radius 2 is 1.79 bits per heavy atom. The van der Waals surface area contributed by atoms with Crippen molar-refractivity contribution in [3.8, 4) is 5.75 Å². The van der Waals surface area contributed by atoms with Gasteiger partial charge in [0.25, 0.3) is 0 Å². The number of hydrogen-bond acceptors (Lipinski definition) is 5. The second-order valence-electron chi connectivity index (χ2n) is 5.74. The summed E-state index contributed by atoms with van der Waals surface area (Å²) in [4.78, 5) is 15.3. The lowest BCUT2D eigenvalue weighted by Crippen LogP contribution is -2.41. The number of rotatable bonds is 2. The van der Waals surface area contributed by atoms with Crippen molar-refractivity contribution in [3.63, 3.8) is 0 Å². The van der Waals surface area contributed by atoms with E-state index in [-0.39, 0.29) is 17.2 Å². The molecular formula is C13H18BNO4. The lowest BCUT2D eigenvalue weighted by atomic mass is 9.78. The molecule has 0 unspecified atom stereocenters. The van der Waals surface area contributed by atoms with Crippen molar-refractivity contribution < 1.29 is 19.2 Å². The van der Waals surface area contributed by atoms with Gasteiger partial charge in [-0.15, -0.1) is 0 Å². The first-order chi connectivity index (χ1) is 8.66. The van der Waals surface area contributed by atoms with E-state index in [1.165, 1.54) is 13.1 Å². The molecule has 0 bridgehead atoms. The Morgan fingerprint density at radius 3 is 2.26 bits per heavy atom. The van der Waals surface area contributed by atoms with Crippen LogP contribution in [0.2, 0.25) is 0 Å². The van der Waals surface area contributed by atoms with Gasteiger partial charge in [-0.3, -0.25) is 4.79 Å². The molecule has 19 heavy (non-hydrogen) atoms. The molecule has 2 heterocycles. The molecule has 1 saturated heterocycles. The van der Waals surface area contributed by atoms with E-state index in [1.807, 2.05) is 27.7 Å². The largest absolute Gasteiger partial charge is 0.506 e. The minimum Gasteiger partial charge on any atom is -0.506 e. The summed E-state index contributed by atoms with van der Waals surface area (Å²) in [5, 5.41) is 10.1. The molecule has 0 saturated carbocycles. The van der Waals surface area contributed by atoms with Crippen LogP contribution in [-0.2, 0) is 9.31 Å². The number of carbonyl (C=O) groups excluding carboxylic acids is 1. The third kappa shape index (κ3) is 2.26. The molecule has 0 atom stereocenters. The lowest BCUT2D eigenvalue weighted by Gasteiger charge is -2.32. The molecule has 1 aromatic rings. The summed E-state index contributed by atoms with van der Waals surface area (Å²) in [5.41, 5.74) is -0.529. The fourth-order valence-corrected chi connectivity index (χ4v) is 1.89. The van der Waals surface area contributed by atoms with Gasteiger partial charge < -0.3 is 14.4 Å². The fourth-order valence-electron chi connectivity index (χ4n) is 1.89. The van der Waals surface area contributed by atoms with Crippen molar-refractivity contribution in [2.75, 3.05) is 0 Å². The van der Waals surface area contributed by atoms with E-state index in [4.69, 9.17) is 9.31 Å².